The zero-order chi connectivity index (χ0) is 23.2. The van der Waals surface area contributed by atoms with Gasteiger partial charge in [-0.05, 0) is 71.7 Å². The van der Waals surface area contributed by atoms with Gasteiger partial charge in [0.05, 0.1) is 15.6 Å². The van der Waals surface area contributed by atoms with Crippen molar-refractivity contribution in [1.29, 1.82) is 0 Å². The molecule has 0 spiro atoms. The van der Waals surface area contributed by atoms with E-state index in [1.165, 1.54) is 27.7 Å². The van der Waals surface area contributed by atoms with Gasteiger partial charge in [-0.2, -0.15) is 0 Å². The van der Waals surface area contributed by atoms with Crippen LogP contribution in [0, 0.1) is 13.8 Å². The molecule has 0 radical (unpaired) electrons. The van der Waals surface area contributed by atoms with Gasteiger partial charge >= 0.3 is 0 Å². The van der Waals surface area contributed by atoms with Crippen molar-refractivity contribution < 1.29 is 4.74 Å². The Kier molecular flexibility index (Phi) is 4.93. The van der Waals surface area contributed by atoms with Gasteiger partial charge in [-0.3, -0.25) is 4.79 Å². The third-order valence-corrected chi connectivity index (χ3v) is 7.24. The minimum atomic E-state index is -0.0462. The average Bonchev–Trinajstić information content (AvgIpc) is 3.34. The van der Waals surface area contributed by atoms with Crippen molar-refractivity contribution in [1.82, 2.24) is 9.38 Å². The Hall–Kier alpha value is -3.96. The van der Waals surface area contributed by atoms with Gasteiger partial charge in [0.15, 0.2) is 4.96 Å². The van der Waals surface area contributed by atoms with E-state index in [1.807, 2.05) is 54.6 Å². The van der Waals surface area contributed by atoms with Crippen LogP contribution in [0.15, 0.2) is 83.7 Å². The van der Waals surface area contributed by atoms with Crippen molar-refractivity contribution in [2.45, 2.75) is 20.5 Å². The van der Waals surface area contributed by atoms with Gasteiger partial charge in [-0.15, -0.1) is 0 Å². The molecule has 4 aromatic carbocycles. The number of para-hydroxylation sites is 1. The maximum absolute atomic E-state index is 13.3. The molecule has 5 heteroatoms. The van der Waals surface area contributed by atoms with E-state index in [1.54, 1.807) is 4.40 Å². The zero-order valence-electron chi connectivity index (χ0n) is 18.9. The first-order valence-electron chi connectivity index (χ1n) is 11.2. The van der Waals surface area contributed by atoms with Crippen LogP contribution in [0.2, 0.25) is 0 Å². The minimum absolute atomic E-state index is 0.0462. The lowest BCUT2D eigenvalue weighted by Crippen LogP contribution is -2.22. The lowest BCUT2D eigenvalue weighted by molar-refractivity contribution is 0.305. The Balaban J connectivity index is 1.37. The number of benzene rings is 4. The molecule has 6 rings (SSSR count). The van der Waals surface area contributed by atoms with Crippen LogP contribution in [-0.4, -0.2) is 9.38 Å². The Morgan fingerprint density at radius 1 is 0.912 bits per heavy atom. The molecule has 0 saturated heterocycles. The fourth-order valence-corrected chi connectivity index (χ4v) is 5.26. The van der Waals surface area contributed by atoms with Gasteiger partial charge < -0.3 is 4.74 Å². The molecule has 0 aliphatic rings. The second kappa shape index (κ2) is 8.12. The van der Waals surface area contributed by atoms with E-state index >= 15 is 0 Å². The number of aryl methyl sites for hydroxylation is 2. The summed E-state index contributed by atoms with van der Waals surface area (Å²) in [6.45, 7) is 4.58. The molecule has 6 aromatic rings. The molecule has 0 N–H and O–H groups in total. The summed E-state index contributed by atoms with van der Waals surface area (Å²) in [6, 6.07) is 26.6. The van der Waals surface area contributed by atoms with Gasteiger partial charge in [0, 0.05) is 5.56 Å². The van der Waals surface area contributed by atoms with Crippen LogP contribution in [0.25, 0.3) is 32.8 Å². The maximum Gasteiger partial charge on any atom is 0.274 e. The quantitative estimate of drug-likeness (QED) is 0.332. The second-order valence-corrected chi connectivity index (χ2v) is 9.59. The highest BCUT2D eigenvalue weighted by Gasteiger charge is 2.13. The number of thiazole rings is 1. The lowest BCUT2D eigenvalue weighted by Gasteiger charge is -2.10. The van der Waals surface area contributed by atoms with E-state index in [4.69, 9.17) is 9.72 Å². The van der Waals surface area contributed by atoms with Crippen LogP contribution in [0.4, 0.5) is 0 Å². The SMILES string of the molecule is Cc1cc2nc3s/c(=C\c4ccccc4OCc4ccc5ccccc5c4)c(=O)n3c2cc1C. The fraction of sp³-hybridized carbons (Fsp3) is 0.103. The predicted octanol–water partition coefficient (Wildman–Crippen LogP) is 5.81. The molecule has 4 nitrogen and oxygen atoms in total. The van der Waals surface area contributed by atoms with Gasteiger partial charge in [-0.1, -0.05) is 65.9 Å². The molecule has 0 saturated carbocycles. The summed E-state index contributed by atoms with van der Waals surface area (Å²) in [5.41, 5.74) is 5.98. The summed E-state index contributed by atoms with van der Waals surface area (Å²) in [5.74, 6) is 0.748. The Labute approximate surface area is 200 Å². The van der Waals surface area contributed by atoms with Crippen molar-refractivity contribution in [2.75, 3.05) is 0 Å². The fourth-order valence-electron chi connectivity index (χ4n) is 4.28. The van der Waals surface area contributed by atoms with E-state index in [0.29, 0.717) is 16.1 Å². The third kappa shape index (κ3) is 3.55. The molecule has 0 amide bonds. The lowest BCUT2D eigenvalue weighted by atomic mass is 10.1. The van der Waals surface area contributed by atoms with Crippen molar-refractivity contribution in [2.24, 2.45) is 0 Å². The van der Waals surface area contributed by atoms with E-state index in [-0.39, 0.29) is 5.56 Å². The van der Waals surface area contributed by atoms with Gasteiger partial charge in [0.25, 0.3) is 5.56 Å². The van der Waals surface area contributed by atoms with Gasteiger partial charge in [-0.25, -0.2) is 9.38 Å². The van der Waals surface area contributed by atoms with E-state index < -0.39 is 0 Å². The summed E-state index contributed by atoms with van der Waals surface area (Å²) >= 11 is 1.41. The number of fused-ring (bicyclic) bond motifs is 4. The monoisotopic (exact) mass is 462 g/mol. The van der Waals surface area contributed by atoms with Crippen LogP contribution in [0.1, 0.15) is 22.3 Å². The van der Waals surface area contributed by atoms with Gasteiger partial charge in [0.1, 0.15) is 12.4 Å². The molecule has 2 aromatic heterocycles. The summed E-state index contributed by atoms with van der Waals surface area (Å²) in [4.78, 5) is 18.7. The summed E-state index contributed by atoms with van der Waals surface area (Å²) in [5, 5.41) is 2.41. The van der Waals surface area contributed by atoms with Crippen molar-refractivity contribution in [3.05, 3.63) is 116 Å². The first kappa shape index (κ1) is 20.6. The van der Waals surface area contributed by atoms with Crippen LogP contribution in [0.5, 0.6) is 5.75 Å². The predicted molar refractivity (Wildman–Crippen MR) is 140 cm³/mol. The molecule has 0 aliphatic carbocycles. The molecule has 0 aliphatic heterocycles. The first-order valence-corrected chi connectivity index (χ1v) is 12.0. The largest absolute Gasteiger partial charge is 0.488 e. The molecule has 0 unspecified atom stereocenters. The van der Waals surface area contributed by atoms with Crippen LogP contribution in [0.3, 0.4) is 0 Å². The van der Waals surface area contributed by atoms with Crippen molar-refractivity contribution >= 4 is 44.2 Å². The smallest absolute Gasteiger partial charge is 0.274 e. The zero-order valence-corrected chi connectivity index (χ0v) is 19.7. The molecule has 2 heterocycles. The standard InChI is InChI=1S/C29H22N2O2S/c1-18-13-24-25(14-19(18)2)31-28(32)27(34-29(31)30-24)16-23-9-5-6-10-26(23)33-17-20-11-12-21-7-3-4-8-22(21)15-20/h3-16H,17H2,1-2H3/b27-16-. The number of aromatic nitrogens is 2. The Morgan fingerprint density at radius 2 is 1.68 bits per heavy atom. The Bertz CT molecular complexity index is 1810. The Morgan fingerprint density at radius 3 is 2.56 bits per heavy atom. The summed E-state index contributed by atoms with van der Waals surface area (Å²) < 4.78 is 8.55. The van der Waals surface area contributed by atoms with Crippen LogP contribution < -0.4 is 14.8 Å². The number of imidazole rings is 1. The van der Waals surface area contributed by atoms with Crippen molar-refractivity contribution in [3.8, 4) is 5.75 Å². The van der Waals surface area contributed by atoms with Crippen LogP contribution >= 0.6 is 11.3 Å². The van der Waals surface area contributed by atoms with E-state index in [2.05, 4.69) is 44.2 Å². The number of nitrogens with zero attached hydrogens (tertiary/aromatic N) is 2. The average molecular weight is 463 g/mol. The van der Waals surface area contributed by atoms with E-state index in [0.717, 1.165) is 33.5 Å². The molecule has 0 atom stereocenters. The first-order chi connectivity index (χ1) is 16.6. The molecule has 0 bridgehead atoms. The molecular weight excluding hydrogens is 440 g/mol. The molecule has 166 valence electrons. The maximum atomic E-state index is 13.3. The third-order valence-electron chi connectivity index (χ3n) is 6.27. The van der Waals surface area contributed by atoms with Crippen molar-refractivity contribution in [3.63, 3.8) is 0 Å². The van der Waals surface area contributed by atoms with Crippen LogP contribution in [-0.2, 0) is 6.61 Å². The highest BCUT2D eigenvalue weighted by Crippen LogP contribution is 2.23. The molecular formula is C29H22N2O2S. The number of rotatable bonds is 4. The summed E-state index contributed by atoms with van der Waals surface area (Å²) in [6.07, 6.45) is 1.91. The topological polar surface area (TPSA) is 43.6 Å². The normalized spacial score (nSPS) is 12.2. The number of ether oxygens (including phenoxy) is 1. The highest BCUT2D eigenvalue weighted by atomic mass is 32.1. The highest BCUT2D eigenvalue weighted by molar-refractivity contribution is 7.15. The molecule has 34 heavy (non-hydrogen) atoms. The second-order valence-electron chi connectivity index (χ2n) is 8.58. The molecule has 0 fully saturated rings. The minimum Gasteiger partial charge on any atom is -0.488 e. The number of hydrogen-bond acceptors (Lipinski definition) is 4. The van der Waals surface area contributed by atoms with E-state index in [9.17, 15) is 4.79 Å². The number of hydrogen-bond donors (Lipinski definition) is 0. The summed E-state index contributed by atoms with van der Waals surface area (Å²) in [7, 11) is 0. The van der Waals surface area contributed by atoms with Gasteiger partial charge in [0.2, 0.25) is 0 Å².